The Morgan fingerprint density at radius 1 is 1.39 bits per heavy atom. The van der Waals surface area contributed by atoms with E-state index in [2.05, 4.69) is 28.5 Å². The van der Waals surface area contributed by atoms with Gasteiger partial charge in [-0.2, -0.15) is 0 Å². The van der Waals surface area contributed by atoms with Crippen molar-refractivity contribution in [1.29, 1.82) is 0 Å². The summed E-state index contributed by atoms with van der Waals surface area (Å²) in [6.45, 7) is 8.62. The Labute approximate surface area is 138 Å². The Balaban J connectivity index is 1.66. The molecule has 0 bridgehead atoms. The molecule has 0 unspecified atom stereocenters. The number of aromatic nitrogens is 1. The number of methoxy groups -OCH3 is 2. The molecule has 2 atom stereocenters. The molecule has 1 aromatic heterocycles. The lowest BCUT2D eigenvalue weighted by molar-refractivity contribution is -0.107. The summed E-state index contributed by atoms with van der Waals surface area (Å²) < 4.78 is 10.2. The summed E-state index contributed by atoms with van der Waals surface area (Å²) in [4.78, 5) is 18.1. The largest absolute Gasteiger partial charge is 0.464 e. The summed E-state index contributed by atoms with van der Waals surface area (Å²) in [6, 6.07) is 3.70. The zero-order valence-corrected chi connectivity index (χ0v) is 14.5. The van der Waals surface area contributed by atoms with E-state index in [-0.39, 0.29) is 0 Å². The lowest BCUT2D eigenvalue weighted by Crippen LogP contribution is -2.55. The highest BCUT2D eigenvalue weighted by atomic mass is 16.5. The SMILES string of the molecule is COC[C@@]12CN(Cc3ccc(C(=O)OC)nc3)C[C@@H]1C(C)(C)C2. The minimum Gasteiger partial charge on any atom is -0.464 e. The van der Waals surface area contributed by atoms with Gasteiger partial charge >= 0.3 is 5.97 Å². The fraction of sp³-hybridized carbons (Fsp3) is 0.667. The van der Waals surface area contributed by atoms with Gasteiger partial charge in [0.15, 0.2) is 0 Å². The summed E-state index contributed by atoms with van der Waals surface area (Å²) in [5.41, 5.74) is 2.21. The van der Waals surface area contributed by atoms with Gasteiger partial charge in [-0.05, 0) is 29.4 Å². The van der Waals surface area contributed by atoms with E-state index in [4.69, 9.17) is 4.74 Å². The number of rotatable bonds is 5. The number of hydrogen-bond donors (Lipinski definition) is 0. The number of fused-ring (bicyclic) bond motifs is 1. The van der Waals surface area contributed by atoms with Crippen LogP contribution in [-0.2, 0) is 16.0 Å². The van der Waals surface area contributed by atoms with Gasteiger partial charge in [0, 0.05) is 38.4 Å². The zero-order chi connectivity index (χ0) is 16.7. The molecular formula is C18H26N2O3. The van der Waals surface area contributed by atoms with Gasteiger partial charge in [0.1, 0.15) is 5.69 Å². The lowest BCUT2D eigenvalue weighted by atomic mass is 9.48. The van der Waals surface area contributed by atoms with Crippen molar-refractivity contribution in [3.63, 3.8) is 0 Å². The molecule has 2 aliphatic rings. The van der Waals surface area contributed by atoms with Gasteiger partial charge in [-0.3, -0.25) is 4.90 Å². The monoisotopic (exact) mass is 318 g/mol. The van der Waals surface area contributed by atoms with Crippen molar-refractivity contribution in [2.24, 2.45) is 16.7 Å². The average molecular weight is 318 g/mol. The molecule has 1 aromatic rings. The Kier molecular flexibility index (Phi) is 4.19. The van der Waals surface area contributed by atoms with Gasteiger partial charge in [0.2, 0.25) is 0 Å². The van der Waals surface area contributed by atoms with Crippen molar-refractivity contribution in [3.05, 3.63) is 29.6 Å². The number of carbonyl (C=O) groups excluding carboxylic acids is 1. The first-order chi connectivity index (χ1) is 10.9. The van der Waals surface area contributed by atoms with Crippen LogP contribution in [0, 0.1) is 16.7 Å². The van der Waals surface area contributed by atoms with Gasteiger partial charge in [0.25, 0.3) is 0 Å². The molecule has 1 aliphatic heterocycles. The Bertz CT molecular complexity index is 584. The van der Waals surface area contributed by atoms with Crippen LogP contribution in [0.1, 0.15) is 36.3 Å². The number of pyridine rings is 1. The molecule has 1 aliphatic carbocycles. The molecular weight excluding hydrogens is 292 g/mol. The number of carbonyl (C=O) groups is 1. The predicted molar refractivity (Wildman–Crippen MR) is 87.1 cm³/mol. The third-order valence-corrected chi connectivity index (χ3v) is 5.53. The fourth-order valence-corrected chi connectivity index (χ4v) is 4.83. The molecule has 0 N–H and O–H groups in total. The smallest absolute Gasteiger partial charge is 0.356 e. The summed E-state index contributed by atoms with van der Waals surface area (Å²) in [6.07, 6.45) is 3.01. The van der Waals surface area contributed by atoms with Crippen molar-refractivity contribution < 1.29 is 14.3 Å². The molecule has 126 valence electrons. The van der Waals surface area contributed by atoms with Crippen LogP contribution >= 0.6 is 0 Å². The van der Waals surface area contributed by atoms with E-state index in [1.165, 1.54) is 13.5 Å². The van der Waals surface area contributed by atoms with Crippen LogP contribution in [0.25, 0.3) is 0 Å². The van der Waals surface area contributed by atoms with Crippen LogP contribution in [-0.4, -0.2) is 49.8 Å². The molecule has 2 heterocycles. The van der Waals surface area contributed by atoms with E-state index in [0.29, 0.717) is 22.4 Å². The van der Waals surface area contributed by atoms with Crippen molar-refractivity contribution >= 4 is 5.97 Å². The van der Waals surface area contributed by atoms with E-state index in [0.717, 1.165) is 31.8 Å². The predicted octanol–water partition coefficient (Wildman–Crippen LogP) is 2.36. The zero-order valence-electron chi connectivity index (χ0n) is 14.5. The third kappa shape index (κ3) is 2.88. The maximum atomic E-state index is 11.4. The topological polar surface area (TPSA) is 51.7 Å². The number of hydrogen-bond acceptors (Lipinski definition) is 5. The summed E-state index contributed by atoms with van der Waals surface area (Å²) >= 11 is 0. The van der Waals surface area contributed by atoms with Crippen LogP contribution in [0.2, 0.25) is 0 Å². The second-order valence-corrected chi connectivity index (χ2v) is 7.73. The number of esters is 1. The third-order valence-electron chi connectivity index (χ3n) is 5.53. The molecule has 0 radical (unpaired) electrons. The van der Waals surface area contributed by atoms with Gasteiger partial charge in [-0.15, -0.1) is 0 Å². The standard InChI is InChI=1S/C18H26N2O3/c1-17(2)10-18(12-22-3)11-20(9-15(17)18)8-13-5-6-14(19-7-13)16(21)23-4/h5-7,15H,8-12H2,1-4H3/t15-,18-/m1/s1. The molecule has 0 aromatic carbocycles. The van der Waals surface area contributed by atoms with E-state index < -0.39 is 5.97 Å². The second-order valence-electron chi connectivity index (χ2n) is 7.73. The van der Waals surface area contributed by atoms with E-state index in [1.807, 2.05) is 6.07 Å². The van der Waals surface area contributed by atoms with Crippen LogP contribution in [0.3, 0.4) is 0 Å². The molecule has 2 fully saturated rings. The molecule has 5 heteroatoms. The van der Waals surface area contributed by atoms with E-state index in [1.54, 1.807) is 19.4 Å². The van der Waals surface area contributed by atoms with Crippen LogP contribution < -0.4 is 0 Å². The highest BCUT2D eigenvalue weighted by Gasteiger charge is 2.62. The summed E-state index contributed by atoms with van der Waals surface area (Å²) in [5, 5.41) is 0. The minimum atomic E-state index is -0.392. The molecule has 5 nitrogen and oxygen atoms in total. The fourth-order valence-electron chi connectivity index (χ4n) is 4.83. The first kappa shape index (κ1) is 16.4. The Hall–Kier alpha value is -1.46. The molecule has 23 heavy (non-hydrogen) atoms. The van der Waals surface area contributed by atoms with Crippen LogP contribution in [0.15, 0.2) is 18.3 Å². The highest BCUT2D eigenvalue weighted by Crippen LogP contribution is 2.62. The minimum absolute atomic E-state index is 0.317. The average Bonchev–Trinajstić information content (AvgIpc) is 2.81. The van der Waals surface area contributed by atoms with Crippen molar-refractivity contribution in [3.8, 4) is 0 Å². The summed E-state index contributed by atoms with van der Waals surface area (Å²) in [5.74, 6) is 0.300. The van der Waals surface area contributed by atoms with E-state index >= 15 is 0 Å². The molecule has 1 saturated carbocycles. The number of nitrogens with zero attached hydrogens (tertiary/aromatic N) is 2. The lowest BCUT2D eigenvalue weighted by Gasteiger charge is -2.56. The Morgan fingerprint density at radius 3 is 2.74 bits per heavy atom. The maximum Gasteiger partial charge on any atom is 0.356 e. The first-order valence-corrected chi connectivity index (χ1v) is 8.15. The second kappa shape index (κ2) is 5.87. The highest BCUT2D eigenvalue weighted by molar-refractivity contribution is 5.86. The normalized spacial score (nSPS) is 29.0. The van der Waals surface area contributed by atoms with Gasteiger partial charge in [0.05, 0.1) is 13.7 Å². The van der Waals surface area contributed by atoms with Crippen molar-refractivity contribution in [1.82, 2.24) is 9.88 Å². The van der Waals surface area contributed by atoms with Gasteiger partial charge in [-0.25, -0.2) is 9.78 Å². The summed E-state index contributed by atoms with van der Waals surface area (Å²) in [7, 11) is 3.17. The van der Waals surface area contributed by atoms with Gasteiger partial charge < -0.3 is 9.47 Å². The van der Waals surface area contributed by atoms with Crippen molar-refractivity contribution in [2.75, 3.05) is 33.9 Å². The maximum absolute atomic E-state index is 11.4. The van der Waals surface area contributed by atoms with E-state index in [9.17, 15) is 4.79 Å². The molecule has 1 saturated heterocycles. The van der Waals surface area contributed by atoms with Crippen LogP contribution in [0.5, 0.6) is 0 Å². The quantitative estimate of drug-likeness (QED) is 0.780. The first-order valence-electron chi connectivity index (χ1n) is 8.15. The molecule has 0 spiro atoms. The molecule has 0 amide bonds. The van der Waals surface area contributed by atoms with Crippen molar-refractivity contribution in [2.45, 2.75) is 26.8 Å². The molecule has 3 rings (SSSR count). The van der Waals surface area contributed by atoms with Crippen LogP contribution in [0.4, 0.5) is 0 Å². The van der Waals surface area contributed by atoms with Gasteiger partial charge in [-0.1, -0.05) is 19.9 Å². The number of likely N-dealkylation sites (tertiary alicyclic amines) is 1. The number of ether oxygens (including phenoxy) is 2. The Morgan fingerprint density at radius 2 is 2.17 bits per heavy atom.